The van der Waals surface area contributed by atoms with Crippen molar-refractivity contribution in [2.45, 2.75) is 31.8 Å². The zero-order valence-electron chi connectivity index (χ0n) is 12.9. The number of nitrogens with zero attached hydrogens (tertiary/aromatic N) is 1. The van der Waals surface area contributed by atoms with Gasteiger partial charge in [-0.2, -0.15) is 0 Å². The minimum Gasteiger partial charge on any atom is -0.350 e. The van der Waals surface area contributed by atoms with E-state index in [2.05, 4.69) is 5.32 Å². The summed E-state index contributed by atoms with van der Waals surface area (Å²) in [5, 5.41) is 4.86. The monoisotopic (exact) mass is 328 g/mol. The fourth-order valence-electron chi connectivity index (χ4n) is 2.89. The topological polar surface area (TPSA) is 49.4 Å². The molecule has 23 heavy (non-hydrogen) atoms. The molecule has 120 valence electrons. The Bertz CT molecular complexity index is 655. The van der Waals surface area contributed by atoms with Gasteiger partial charge in [0.15, 0.2) is 0 Å². The Morgan fingerprint density at radius 1 is 1.13 bits per heavy atom. The van der Waals surface area contributed by atoms with Gasteiger partial charge in [-0.05, 0) is 36.3 Å². The third kappa shape index (κ3) is 3.79. The summed E-state index contributed by atoms with van der Waals surface area (Å²) in [6.45, 7) is 1.15. The van der Waals surface area contributed by atoms with Gasteiger partial charge < -0.3 is 10.2 Å². The third-order valence-corrected chi connectivity index (χ3v) is 4.97. The Hall–Kier alpha value is -2.14. The number of carbonyl (C=O) groups is 2. The number of nitrogens with one attached hydrogen (secondary N) is 1. The van der Waals surface area contributed by atoms with Crippen molar-refractivity contribution in [3.63, 3.8) is 0 Å². The zero-order valence-corrected chi connectivity index (χ0v) is 13.7. The average molecular weight is 328 g/mol. The summed E-state index contributed by atoms with van der Waals surface area (Å²) in [4.78, 5) is 27.6. The van der Waals surface area contributed by atoms with Crippen LogP contribution >= 0.6 is 11.3 Å². The van der Waals surface area contributed by atoms with Gasteiger partial charge in [0.2, 0.25) is 5.91 Å². The number of likely N-dealkylation sites (tertiary alicyclic amines) is 1. The first-order valence-corrected chi connectivity index (χ1v) is 8.80. The molecule has 1 saturated heterocycles. The molecule has 2 heterocycles. The van der Waals surface area contributed by atoms with Crippen LogP contribution < -0.4 is 5.32 Å². The molecule has 2 amide bonds. The quantitative estimate of drug-likeness (QED) is 0.938. The van der Waals surface area contributed by atoms with Crippen LogP contribution in [0.25, 0.3) is 0 Å². The van der Waals surface area contributed by atoms with Crippen molar-refractivity contribution in [1.29, 1.82) is 0 Å². The fraction of sp³-hybridized carbons (Fsp3) is 0.333. The van der Waals surface area contributed by atoms with Gasteiger partial charge in [0.25, 0.3) is 5.91 Å². The van der Waals surface area contributed by atoms with Crippen LogP contribution in [-0.2, 0) is 11.3 Å². The summed E-state index contributed by atoms with van der Waals surface area (Å²) in [7, 11) is 0. The molecule has 1 atom stereocenters. The second kappa shape index (κ2) is 7.42. The highest BCUT2D eigenvalue weighted by Crippen LogP contribution is 2.22. The predicted octanol–water partition coefficient (Wildman–Crippen LogP) is 3.06. The Morgan fingerprint density at radius 3 is 2.70 bits per heavy atom. The molecule has 2 aromatic rings. The van der Waals surface area contributed by atoms with Crippen LogP contribution in [0.15, 0.2) is 47.8 Å². The molecule has 1 fully saturated rings. The lowest BCUT2D eigenvalue weighted by Crippen LogP contribution is -2.51. The van der Waals surface area contributed by atoms with E-state index in [1.807, 2.05) is 47.8 Å². The van der Waals surface area contributed by atoms with Gasteiger partial charge >= 0.3 is 0 Å². The van der Waals surface area contributed by atoms with E-state index in [0.717, 1.165) is 24.8 Å². The zero-order chi connectivity index (χ0) is 16.1. The van der Waals surface area contributed by atoms with Crippen LogP contribution in [-0.4, -0.2) is 29.3 Å². The summed E-state index contributed by atoms with van der Waals surface area (Å²) < 4.78 is 0. The maximum absolute atomic E-state index is 12.6. The lowest BCUT2D eigenvalue weighted by atomic mass is 10.0. The number of hydrogen-bond acceptors (Lipinski definition) is 3. The Morgan fingerprint density at radius 2 is 1.96 bits per heavy atom. The summed E-state index contributed by atoms with van der Waals surface area (Å²) in [6.07, 6.45) is 2.68. The van der Waals surface area contributed by atoms with E-state index in [4.69, 9.17) is 0 Å². The molecule has 3 rings (SSSR count). The molecule has 1 aromatic heterocycles. The third-order valence-electron chi connectivity index (χ3n) is 4.11. The van der Waals surface area contributed by atoms with Crippen molar-refractivity contribution in [2.24, 2.45) is 0 Å². The second-order valence-electron chi connectivity index (χ2n) is 5.69. The van der Waals surface area contributed by atoms with Crippen LogP contribution in [0.4, 0.5) is 0 Å². The van der Waals surface area contributed by atoms with Gasteiger partial charge in [0, 0.05) is 13.1 Å². The van der Waals surface area contributed by atoms with E-state index in [-0.39, 0.29) is 17.9 Å². The Balaban J connectivity index is 1.66. The van der Waals surface area contributed by atoms with E-state index in [0.29, 0.717) is 18.0 Å². The smallest absolute Gasteiger partial charge is 0.264 e. The Kier molecular flexibility index (Phi) is 5.08. The maximum atomic E-state index is 12.6. The largest absolute Gasteiger partial charge is 0.350 e. The normalized spacial score (nSPS) is 17.7. The van der Waals surface area contributed by atoms with Crippen molar-refractivity contribution >= 4 is 23.2 Å². The molecule has 1 unspecified atom stereocenters. The lowest BCUT2D eigenvalue weighted by Gasteiger charge is -2.34. The molecule has 0 aliphatic carbocycles. The van der Waals surface area contributed by atoms with E-state index in [9.17, 15) is 9.59 Å². The number of hydrogen-bond donors (Lipinski definition) is 1. The first-order valence-electron chi connectivity index (χ1n) is 7.92. The van der Waals surface area contributed by atoms with E-state index in [1.54, 1.807) is 4.90 Å². The molecule has 0 spiro atoms. The van der Waals surface area contributed by atoms with Crippen LogP contribution in [0, 0.1) is 0 Å². The molecule has 1 N–H and O–H groups in total. The van der Waals surface area contributed by atoms with Crippen LogP contribution in [0.2, 0.25) is 0 Å². The van der Waals surface area contributed by atoms with Gasteiger partial charge in [-0.1, -0.05) is 36.4 Å². The van der Waals surface area contributed by atoms with Crippen molar-refractivity contribution in [3.8, 4) is 0 Å². The van der Waals surface area contributed by atoms with E-state index in [1.165, 1.54) is 11.3 Å². The van der Waals surface area contributed by atoms with Crippen molar-refractivity contribution in [1.82, 2.24) is 10.2 Å². The summed E-state index contributed by atoms with van der Waals surface area (Å²) >= 11 is 1.43. The minimum atomic E-state index is -0.359. The van der Waals surface area contributed by atoms with Crippen molar-refractivity contribution in [2.75, 3.05) is 6.54 Å². The Labute approximate surface area is 140 Å². The van der Waals surface area contributed by atoms with Gasteiger partial charge in [-0.3, -0.25) is 9.59 Å². The van der Waals surface area contributed by atoms with Gasteiger partial charge in [-0.15, -0.1) is 11.3 Å². The number of amides is 2. The molecule has 5 heteroatoms. The van der Waals surface area contributed by atoms with Gasteiger partial charge in [-0.25, -0.2) is 0 Å². The summed E-state index contributed by atoms with van der Waals surface area (Å²) in [5.41, 5.74) is 1.06. The number of benzene rings is 1. The first kappa shape index (κ1) is 15.7. The van der Waals surface area contributed by atoms with Crippen molar-refractivity contribution in [3.05, 3.63) is 58.3 Å². The molecule has 4 nitrogen and oxygen atoms in total. The molecular formula is C18H20N2O2S. The SMILES string of the molecule is O=C(NCc1ccccc1)C1CCCCN1C(=O)c1cccs1. The van der Waals surface area contributed by atoms with Crippen LogP contribution in [0.1, 0.15) is 34.5 Å². The van der Waals surface area contributed by atoms with Crippen LogP contribution in [0.5, 0.6) is 0 Å². The molecule has 1 aromatic carbocycles. The van der Waals surface area contributed by atoms with Crippen LogP contribution in [0.3, 0.4) is 0 Å². The predicted molar refractivity (Wildman–Crippen MR) is 91.3 cm³/mol. The molecule has 0 bridgehead atoms. The maximum Gasteiger partial charge on any atom is 0.264 e. The highest BCUT2D eigenvalue weighted by atomic mass is 32.1. The number of thiophene rings is 1. The molecule has 0 saturated carbocycles. The summed E-state index contributed by atoms with van der Waals surface area (Å²) in [6, 6.07) is 13.2. The highest BCUT2D eigenvalue weighted by Gasteiger charge is 2.32. The average Bonchev–Trinajstić information content (AvgIpc) is 3.14. The van der Waals surface area contributed by atoms with Crippen molar-refractivity contribution < 1.29 is 9.59 Å². The molecule has 0 radical (unpaired) electrons. The van der Waals surface area contributed by atoms with Gasteiger partial charge in [0.05, 0.1) is 4.88 Å². The lowest BCUT2D eigenvalue weighted by molar-refractivity contribution is -0.126. The number of piperidine rings is 1. The fourth-order valence-corrected chi connectivity index (χ4v) is 3.57. The van der Waals surface area contributed by atoms with E-state index < -0.39 is 0 Å². The minimum absolute atomic E-state index is 0.0282. The molecule has 1 aliphatic rings. The number of rotatable bonds is 4. The highest BCUT2D eigenvalue weighted by molar-refractivity contribution is 7.12. The second-order valence-corrected chi connectivity index (χ2v) is 6.64. The van der Waals surface area contributed by atoms with E-state index >= 15 is 0 Å². The molecule has 1 aliphatic heterocycles. The summed E-state index contributed by atoms with van der Waals surface area (Å²) in [5.74, 6) is -0.0852. The molecular weight excluding hydrogens is 308 g/mol. The standard InChI is InChI=1S/C18H20N2O2S/c21-17(19-13-14-7-2-1-3-8-14)15-9-4-5-11-20(15)18(22)16-10-6-12-23-16/h1-3,6-8,10,12,15H,4-5,9,11,13H2,(H,19,21). The van der Waals surface area contributed by atoms with Gasteiger partial charge in [0.1, 0.15) is 6.04 Å². The first-order chi connectivity index (χ1) is 11.3. The number of carbonyl (C=O) groups excluding carboxylic acids is 2.